The molecule has 0 bridgehead atoms. The van der Waals surface area contributed by atoms with Crippen molar-refractivity contribution in [3.63, 3.8) is 0 Å². The number of carbonyl (C=O) groups excluding carboxylic acids is 1. The predicted molar refractivity (Wildman–Crippen MR) is 104 cm³/mol. The molecule has 2 atom stereocenters. The molecule has 144 valence electrons. The summed E-state index contributed by atoms with van der Waals surface area (Å²) in [4.78, 5) is 14.2. The van der Waals surface area contributed by atoms with Crippen molar-refractivity contribution in [1.82, 2.24) is 10.2 Å². The van der Waals surface area contributed by atoms with Crippen molar-refractivity contribution in [3.8, 4) is 5.75 Å². The van der Waals surface area contributed by atoms with Crippen molar-refractivity contribution in [2.45, 2.75) is 31.6 Å². The van der Waals surface area contributed by atoms with Gasteiger partial charge in [-0.3, -0.25) is 4.79 Å². The smallest absolute Gasteiger partial charge is 0.249 e. The summed E-state index contributed by atoms with van der Waals surface area (Å²) in [6.07, 6.45) is 1.23. The molecule has 1 aliphatic rings. The minimum Gasteiger partial charge on any atom is -0.492 e. The Morgan fingerprint density at radius 2 is 2.12 bits per heavy atom. The molecule has 1 aliphatic heterocycles. The maximum atomic E-state index is 12.1. The summed E-state index contributed by atoms with van der Waals surface area (Å²) in [7, 11) is 4.02. The molecule has 0 aromatic heterocycles. The maximum absolute atomic E-state index is 12.1. The van der Waals surface area contributed by atoms with Gasteiger partial charge in [0, 0.05) is 19.6 Å². The van der Waals surface area contributed by atoms with Crippen LogP contribution < -0.4 is 15.8 Å². The number of rotatable bonds is 8. The van der Waals surface area contributed by atoms with Crippen molar-refractivity contribution in [2.75, 3.05) is 33.8 Å². The fourth-order valence-electron chi connectivity index (χ4n) is 2.47. The number of ether oxygens (including phenoxy) is 2. The largest absolute Gasteiger partial charge is 0.492 e. The first-order chi connectivity index (χ1) is 11.1. The van der Waals surface area contributed by atoms with E-state index in [0.717, 1.165) is 30.7 Å². The highest BCUT2D eigenvalue weighted by atomic mass is 35.5. The minimum atomic E-state index is -0.372. The topological polar surface area (TPSA) is 76.8 Å². The molecule has 2 rings (SSSR count). The van der Waals surface area contributed by atoms with Crippen molar-refractivity contribution in [3.05, 3.63) is 29.8 Å². The summed E-state index contributed by atoms with van der Waals surface area (Å²) in [5.74, 6) is 0.749. The molecule has 0 aliphatic carbocycles. The second-order valence-corrected chi connectivity index (χ2v) is 6.08. The zero-order chi connectivity index (χ0) is 16.7. The van der Waals surface area contributed by atoms with Crippen LogP contribution in [0.5, 0.6) is 5.75 Å². The molecule has 1 heterocycles. The molecule has 1 saturated heterocycles. The number of nitrogens with two attached hydrogens (primary N) is 1. The lowest BCUT2D eigenvalue weighted by atomic mass is 10.1. The molecule has 0 radical (unpaired) electrons. The highest BCUT2D eigenvalue weighted by Gasteiger charge is 2.29. The normalized spacial score (nSPS) is 19.0. The molecule has 1 amide bonds. The molecule has 6 nitrogen and oxygen atoms in total. The zero-order valence-electron chi connectivity index (χ0n) is 14.8. The first kappa shape index (κ1) is 23.9. The number of nitrogens with one attached hydrogen (secondary N) is 1. The predicted octanol–water partition coefficient (Wildman–Crippen LogP) is 1.59. The van der Waals surface area contributed by atoms with Crippen molar-refractivity contribution in [1.29, 1.82) is 0 Å². The van der Waals surface area contributed by atoms with Gasteiger partial charge in [-0.15, -0.1) is 24.8 Å². The van der Waals surface area contributed by atoms with E-state index in [2.05, 4.69) is 10.2 Å². The van der Waals surface area contributed by atoms with E-state index in [-0.39, 0.29) is 42.9 Å². The van der Waals surface area contributed by atoms with E-state index in [0.29, 0.717) is 19.7 Å². The maximum Gasteiger partial charge on any atom is 0.249 e. The number of carbonyl (C=O) groups is 1. The Balaban J connectivity index is 0.00000288. The lowest BCUT2D eigenvalue weighted by molar-refractivity contribution is -0.132. The fourth-order valence-corrected chi connectivity index (χ4v) is 2.47. The fraction of sp³-hybridized carbons (Fsp3) is 0.588. The Hall–Kier alpha value is -1.05. The highest BCUT2D eigenvalue weighted by Crippen LogP contribution is 2.19. The second kappa shape index (κ2) is 12.3. The Morgan fingerprint density at radius 1 is 1.36 bits per heavy atom. The van der Waals surface area contributed by atoms with Gasteiger partial charge in [0.2, 0.25) is 5.91 Å². The van der Waals surface area contributed by atoms with Crippen LogP contribution in [0.3, 0.4) is 0 Å². The van der Waals surface area contributed by atoms with Crippen LogP contribution in [0.4, 0.5) is 0 Å². The number of benzene rings is 1. The van der Waals surface area contributed by atoms with Gasteiger partial charge in [0.25, 0.3) is 0 Å². The molecule has 0 unspecified atom stereocenters. The van der Waals surface area contributed by atoms with Crippen molar-refractivity contribution in [2.24, 2.45) is 5.73 Å². The number of halogens is 2. The Kier molecular flexibility index (Phi) is 11.8. The number of hydrogen-bond donors (Lipinski definition) is 2. The van der Waals surface area contributed by atoms with Crippen LogP contribution in [0.15, 0.2) is 24.3 Å². The third-order valence-corrected chi connectivity index (χ3v) is 3.84. The third kappa shape index (κ3) is 8.25. The first-order valence-electron chi connectivity index (χ1n) is 8.08. The van der Waals surface area contributed by atoms with Crippen molar-refractivity contribution < 1.29 is 14.3 Å². The van der Waals surface area contributed by atoms with Gasteiger partial charge < -0.3 is 25.4 Å². The summed E-state index contributed by atoms with van der Waals surface area (Å²) in [5, 5.41) is 2.92. The lowest BCUT2D eigenvalue weighted by Gasteiger charge is -2.14. The molecule has 1 aromatic rings. The van der Waals surface area contributed by atoms with Gasteiger partial charge in [-0.25, -0.2) is 0 Å². The van der Waals surface area contributed by atoms with E-state index in [1.165, 1.54) is 0 Å². The minimum absolute atomic E-state index is 0. The standard InChI is InChI=1S/C17H27N3O3.2ClH/c1-20(2)8-9-22-14-5-3-4-13(10-14)12-19-17(21)16-7-6-15(11-18)23-16;;/h3-5,10,15-16H,6-9,11-12,18H2,1-2H3,(H,19,21);2*1H/t15-,16+;;/m1../s1. The average molecular weight is 394 g/mol. The van der Waals surface area contributed by atoms with E-state index in [1.807, 2.05) is 38.4 Å². The molecular weight excluding hydrogens is 365 g/mol. The van der Waals surface area contributed by atoms with Crippen LogP contribution in [-0.4, -0.2) is 56.8 Å². The quantitative estimate of drug-likeness (QED) is 0.701. The van der Waals surface area contributed by atoms with Crippen molar-refractivity contribution >= 4 is 30.7 Å². The van der Waals surface area contributed by atoms with Gasteiger partial charge in [-0.05, 0) is 44.6 Å². The molecule has 3 N–H and O–H groups in total. The second-order valence-electron chi connectivity index (χ2n) is 6.08. The molecule has 25 heavy (non-hydrogen) atoms. The van der Waals surface area contributed by atoms with Crippen LogP contribution in [0.25, 0.3) is 0 Å². The van der Waals surface area contributed by atoms with Gasteiger partial charge in [0.1, 0.15) is 18.5 Å². The molecule has 0 saturated carbocycles. The van der Waals surface area contributed by atoms with Crippen LogP contribution in [-0.2, 0) is 16.1 Å². The number of amides is 1. The average Bonchev–Trinajstić information content (AvgIpc) is 3.02. The van der Waals surface area contributed by atoms with E-state index >= 15 is 0 Å². The van der Waals surface area contributed by atoms with Gasteiger partial charge in [0.05, 0.1) is 6.10 Å². The first-order valence-corrected chi connectivity index (χ1v) is 8.08. The van der Waals surface area contributed by atoms with E-state index in [4.69, 9.17) is 15.2 Å². The summed E-state index contributed by atoms with van der Waals surface area (Å²) in [6, 6.07) is 7.78. The molecular formula is C17H29Cl2N3O3. The number of likely N-dealkylation sites (N-methyl/N-ethyl adjacent to an activating group) is 1. The van der Waals surface area contributed by atoms with Crippen LogP contribution >= 0.6 is 24.8 Å². The summed E-state index contributed by atoms with van der Waals surface area (Å²) in [5.41, 5.74) is 6.57. The lowest BCUT2D eigenvalue weighted by Crippen LogP contribution is -2.35. The summed E-state index contributed by atoms with van der Waals surface area (Å²) in [6.45, 7) is 2.44. The van der Waals surface area contributed by atoms with Crippen LogP contribution in [0.1, 0.15) is 18.4 Å². The molecule has 8 heteroatoms. The van der Waals surface area contributed by atoms with E-state index < -0.39 is 0 Å². The Morgan fingerprint density at radius 3 is 2.76 bits per heavy atom. The van der Waals surface area contributed by atoms with Gasteiger partial charge in [0.15, 0.2) is 0 Å². The van der Waals surface area contributed by atoms with Gasteiger partial charge >= 0.3 is 0 Å². The summed E-state index contributed by atoms with van der Waals surface area (Å²) < 4.78 is 11.3. The zero-order valence-corrected chi connectivity index (χ0v) is 16.4. The molecule has 1 aromatic carbocycles. The Bertz CT molecular complexity index is 518. The van der Waals surface area contributed by atoms with Gasteiger partial charge in [-0.2, -0.15) is 0 Å². The Labute approximate surface area is 162 Å². The SMILES string of the molecule is CN(C)CCOc1cccc(CNC(=O)[C@@H]2CC[C@H](CN)O2)c1.Cl.Cl. The monoisotopic (exact) mass is 393 g/mol. The number of hydrogen-bond acceptors (Lipinski definition) is 5. The summed E-state index contributed by atoms with van der Waals surface area (Å²) >= 11 is 0. The molecule has 0 spiro atoms. The van der Waals surface area contributed by atoms with E-state index in [1.54, 1.807) is 0 Å². The van der Waals surface area contributed by atoms with E-state index in [9.17, 15) is 4.79 Å². The van der Waals surface area contributed by atoms with Crippen LogP contribution in [0.2, 0.25) is 0 Å². The third-order valence-electron chi connectivity index (χ3n) is 3.84. The van der Waals surface area contributed by atoms with Gasteiger partial charge in [-0.1, -0.05) is 12.1 Å². The highest BCUT2D eigenvalue weighted by molar-refractivity contribution is 5.85. The molecule has 1 fully saturated rings. The number of nitrogens with zero attached hydrogens (tertiary/aromatic N) is 1. The van der Waals surface area contributed by atoms with Crippen LogP contribution in [0, 0.1) is 0 Å².